The van der Waals surface area contributed by atoms with E-state index in [2.05, 4.69) is 15.3 Å². The summed E-state index contributed by atoms with van der Waals surface area (Å²) in [7, 11) is 1.65. The lowest BCUT2D eigenvalue weighted by molar-refractivity contribution is 0.415. The zero-order valence-electron chi connectivity index (χ0n) is 13.7. The van der Waals surface area contributed by atoms with Gasteiger partial charge in [-0.25, -0.2) is 9.97 Å². The highest BCUT2D eigenvalue weighted by molar-refractivity contribution is 5.92. The molecule has 0 spiro atoms. The third-order valence-electron chi connectivity index (χ3n) is 3.88. The van der Waals surface area contributed by atoms with E-state index in [1.54, 1.807) is 19.5 Å². The van der Waals surface area contributed by atoms with Crippen molar-refractivity contribution in [2.45, 2.75) is 0 Å². The van der Waals surface area contributed by atoms with Crippen molar-refractivity contribution >= 4 is 22.4 Å². The summed E-state index contributed by atoms with van der Waals surface area (Å²) < 4.78 is 5.21. The molecule has 2 heterocycles. The Labute approximate surface area is 145 Å². The largest absolute Gasteiger partial charge is 0.497 e. The van der Waals surface area contributed by atoms with E-state index >= 15 is 0 Å². The number of anilines is 2. The van der Waals surface area contributed by atoms with Crippen molar-refractivity contribution < 1.29 is 4.74 Å². The number of pyridine rings is 1. The third kappa shape index (κ3) is 3.12. The third-order valence-corrected chi connectivity index (χ3v) is 3.88. The number of benzene rings is 2. The first-order chi connectivity index (χ1) is 12.3. The van der Waals surface area contributed by atoms with E-state index in [9.17, 15) is 0 Å². The number of aromatic nitrogens is 3. The van der Waals surface area contributed by atoms with Crippen molar-refractivity contribution in [2.75, 3.05) is 12.4 Å². The first-order valence-electron chi connectivity index (χ1n) is 7.92. The van der Waals surface area contributed by atoms with E-state index in [1.807, 2.05) is 60.7 Å². The Hall–Kier alpha value is -3.47. The molecule has 0 bridgehead atoms. The van der Waals surface area contributed by atoms with Gasteiger partial charge >= 0.3 is 0 Å². The van der Waals surface area contributed by atoms with Gasteiger partial charge in [0, 0.05) is 29.0 Å². The normalized spacial score (nSPS) is 10.6. The van der Waals surface area contributed by atoms with Crippen LogP contribution in [0.15, 0.2) is 73.1 Å². The lowest BCUT2D eigenvalue weighted by atomic mass is 10.2. The van der Waals surface area contributed by atoms with Gasteiger partial charge in [0.1, 0.15) is 11.6 Å². The predicted octanol–water partition coefficient (Wildman–Crippen LogP) is 4.44. The van der Waals surface area contributed by atoms with Gasteiger partial charge in [-0.2, -0.15) is 0 Å². The molecule has 0 unspecified atom stereocenters. The monoisotopic (exact) mass is 328 g/mol. The van der Waals surface area contributed by atoms with Crippen LogP contribution in [0.2, 0.25) is 0 Å². The number of hydrogen-bond donors (Lipinski definition) is 1. The molecule has 5 nitrogen and oxygen atoms in total. The van der Waals surface area contributed by atoms with Gasteiger partial charge in [0.25, 0.3) is 0 Å². The van der Waals surface area contributed by atoms with Crippen molar-refractivity contribution in [3.63, 3.8) is 0 Å². The molecule has 4 aromatic rings. The molecular weight excluding hydrogens is 312 g/mol. The summed E-state index contributed by atoms with van der Waals surface area (Å²) in [6, 6.07) is 19.5. The molecule has 0 aliphatic carbocycles. The van der Waals surface area contributed by atoms with E-state index in [4.69, 9.17) is 9.72 Å². The maximum absolute atomic E-state index is 5.21. The summed E-state index contributed by atoms with van der Waals surface area (Å²) in [6.07, 6.45) is 3.50. The molecule has 0 aliphatic rings. The lowest BCUT2D eigenvalue weighted by Gasteiger charge is -2.11. The van der Waals surface area contributed by atoms with Crippen molar-refractivity contribution in [1.29, 1.82) is 0 Å². The molecule has 1 N–H and O–H groups in total. The number of methoxy groups -OCH3 is 1. The molecule has 0 saturated heterocycles. The smallest absolute Gasteiger partial charge is 0.163 e. The Balaban J connectivity index is 1.80. The maximum Gasteiger partial charge on any atom is 0.163 e. The van der Waals surface area contributed by atoms with Gasteiger partial charge in [0.05, 0.1) is 12.6 Å². The summed E-state index contributed by atoms with van der Waals surface area (Å²) >= 11 is 0. The fourth-order valence-electron chi connectivity index (χ4n) is 2.61. The molecule has 0 fully saturated rings. The van der Waals surface area contributed by atoms with Crippen molar-refractivity contribution in [3.05, 3.63) is 73.1 Å². The standard InChI is InChI=1S/C20H16N4O/c1-25-16-10-8-15(9-11-16)22-20-17-6-2-3-7-18(17)23-19(24-20)14-5-4-12-21-13-14/h2-13H,1H3,(H,22,23,24). The molecule has 0 amide bonds. The maximum atomic E-state index is 5.21. The van der Waals surface area contributed by atoms with Crippen LogP contribution < -0.4 is 10.1 Å². The zero-order valence-corrected chi connectivity index (χ0v) is 13.7. The molecule has 2 aromatic carbocycles. The lowest BCUT2D eigenvalue weighted by Crippen LogP contribution is -1.99. The Kier molecular flexibility index (Phi) is 3.96. The molecule has 0 radical (unpaired) electrons. The van der Waals surface area contributed by atoms with Gasteiger partial charge in [-0.15, -0.1) is 0 Å². The van der Waals surface area contributed by atoms with Gasteiger partial charge in [-0.05, 0) is 48.5 Å². The molecule has 2 aromatic heterocycles. The molecule has 122 valence electrons. The average Bonchev–Trinajstić information content (AvgIpc) is 2.69. The van der Waals surface area contributed by atoms with Crippen LogP contribution in [0.25, 0.3) is 22.3 Å². The molecular formula is C20H16N4O. The SMILES string of the molecule is COc1ccc(Nc2nc(-c3cccnc3)nc3ccccc23)cc1. The van der Waals surface area contributed by atoms with Gasteiger partial charge in [-0.1, -0.05) is 12.1 Å². The van der Waals surface area contributed by atoms with Gasteiger partial charge < -0.3 is 10.1 Å². The summed E-state index contributed by atoms with van der Waals surface area (Å²) in [4.78, 5) is 13.5. The van der Waals surface area contributed by atoms with Crippen LogP contribution in [0.4, 0.5) is 11.5 Å². The van der Waals surface area contributed by atoms with E-state index in [-0.39, 0.29) is 0 Å². The van der Waals surface area contributed by atoms with Crippen LogP contribution in [-0.2, 0) is 0 Å². The number of fused-ring (bicyclic) bond motifs is 1. The van der Waals surface area contributed by atoms with Crippen LogP contribution in [0, 0.1) is 0 Å². The van der Waals surface area contributed by atoms with E-state index in [1.165, 1.54) is 0 Å². The van der Waals surface area contributed by atoms with Crippen LogP contribution in [0.3, 0.4) is 0 Å². The molecule has 0 saturated carbocycles. The molecule has 25 heavy (non-hydrogen) atoms. The van der Waals surface area contributed by atoms with Crippen molar-refractivity contribution in [1.82, 2.24) is 15.0 Å². The van der Waals surface area contributed by atoms with Gasteiger partial charge in [0.2, 0.25) is 0 Å². The minimum atomic E-state index is 0.641. The highest BCUT2D eigenvalue weighted by Crippen LogP contribution is 2.27. The predicted molar refractivity (Wildman–Crippen MR) is 99.0 cm³/mol. The Morgan fingerprint density at radius 2 is 1.72 bits per heavy atom. The average molecular weight is 328 g/mol. The van der Waals surface area contributed by atoms with Gasteiger partial charge in [0.15, 0.2) is 5.82 Å². The number of nitrogens with zero attached hydrogens (tertiary/aromatic N) is 3. The number of ether oxygens (including phenoxy) is 1. The fourth-order valence-corrected chi connectivity index (χ4v) is 2.61. The quantitative estimate of drug-likeness (QED) is 0.600. The Morgan fingerprint density at radius 3 is 2.48 bits per heavy atom. The number of hydrogen-bond acceptors (Lipinski definition) is 5. The van der Waals surface area contributed by atoms with Crippen LogP contribution >= 0.6 is 0 Å². The Bertz CT molecular complexity index is 1000. The topological polar surface area (TPSA) is 59.9 Å². The van der Waals surface area contributed by atoms with E-state index in [0.717, 1.165) is 33.7 Å². The molecule has 4 rings (SSSR count). The van der Waals surface area contributed by atoms with Crippen LogP contribution in [-0.4, -0.2) is 22.1 Å². The number of para-hydroxylation sites is 1. The highest BCUT2D eigenvalue weighted by atomic mass is 16.5. The Morgan fingerprint density at radius 1 is 0.880 bits per heavy atom. The first-order valence-corrected chi connectivity index (χ1v) is 7.92. The molecule has 5 heteroatoms. The second-order valence-corrected chi connectivity index (χ2v) is 5.51. The number of rotatable bonds is 4. The van der Waals surface area contributed by atoms with Crippen LogP contribution in [0.5, 0.6) is 5.75 Å². The molecule has 0 atom stereocenters. The summed E-state index contributed by atoms with van der Waals surface area (Å²) in [5.41, 5.74) is 2.69. The summed E-state index contributed by atoms with van der Waals surface area (Å²) in [6.45, 7) is 0. The van der Waals surface area contributed by atoms with Crippen molar-refractivity contribution in [2.24, 2.45) is 0 Å². The summed E-state index contributed by atoms with van der Waals surface area (Å²) in [5, 5.41) is 4.35. The fraction of sp³-hybridized carbons (Fsp3) is 0.0500. The summed E-state index contributed by atoms with van der Waals surface area (Å²) in [5.74, 6) is 2.21. The van der Waals surface area contributed by atoms with E-state index < -0.39 is 0 Å². The minimum Gasteiger partial charge on any atom is -0.497 e. The first kappa shape index (κ1) is 15.1. The zero-order chi connectivity index (χ0) is 17.1. The van der Waals surface area contributed by atoms with Crippen LogP contribution in [0.1, 0.15) is 0 Å². The van der Waals surface area contributed by atoms with Crippen molar-refractivity contribution in [3.8, 4) is 17.1 Å². The molecule has 0 aliphatic heterocycles. The highest BCUT2D eigenvalue weighted by Gasteiger charge is 2.09. The minimum absolute atomic E-state index is 0.641. The van der Waals surface area contributed by atoms with E-state index in [0.29, 0.717) is 5.82 Å². The second-order valence-electron chi connectivity index (χ2n) is 5.51. The second kappa shape index (κ2) is 6.57. The number of nitrogens with one attached hydrogen (secondary N) is 1. The van der Waals surface area contributed by atoms with Gasteiger partial charge in [-0.3, -0.25) is 4.98 Å².